The van der Waals surface area contributed by atoms with Crippen molar-refractivity contribution >= 4 is 129 Å². The third-order valence-corrected chi connectivity index (χ3v) is 19.5. The molecule has 6 aromatic rings. The van der Waals surface area contributed by atoms with Crippen molar-refractivity contribution in [2.75, 3.05) is 36.9 Å². The molecule has 5 aromatic carbocycles. The number of hydrogen-bond acceptors (Lipinski definition) is 20. The van der Waals surface area contributed by atoms with E-state index in [4.69, 9.17) is 27.8 Å². The van der Waals surface area contributed by atoms with E-state index in [1.54, 1.807) is 70.2 Å². The lowest BCUT2D eigenvalue weighted by Crippen LogP contribution is -2.62. The zero-order chi connectivity index (χ0) is 86.6. The van der Waals surface area contributed by atoms with Crippen molar-refractivity contribution < 1.29 is 86.6 Å². The monoisotopic (exact) mass is 1660 g/mol. The van der Waals surface area contributed by atoms with Crippen LogP contribution < -0.4 is 85.9 Å². The topological polar surface area (TPSA) is 539 Å². The second-order valence-electron chi connectivity index (χ2n) is 29.7. The number of primary amides is 2. The van der Waals surface area contributed by atoms with E-state index in [-0.39, 0.29) is 93.9 Å². The number of anilines is 2. The van der Waals surface area contributed by atoms with Gasteiger partial charge in [-0.3, -0.25) is 77.4 Å². The number of hydrogen-bond donors (Lipinski definition) is 17. The number of aliphatic hydroxyl groups is 1. The summed E-state index contributed by atoms with van der Waals surface area (Å²) in [5.74, 6) is -12.2. The number of nitrogens with one attached hydrogen (secondary N) is 14. The molecule has 3 heterocycles. The lowest BCUT2D eigenvalue weighted by atomic mass is 9.99. The largest absolute Gasteiger partial charge is 0.462 e. The van der Waals surface area contributed by atoms with Crippen LogP contribution in [0, 0.1) is 5.92 Å². The van der Waals surface area contributed by atoms with Gasteiger partial charge in [0, 0.05) is 74.4 Å². The van der Waals surface area contributed by atoms with Gasteiger partial charge >= 0.3 is 18.0 Å². The highest BCUT2D eigenvalue weighted by Gasteiger charge is 2.41. The molecule has 634 valence electrons. The summed E-state index contributed by atoms with van der Waals surface area (Å²) in [5, 5.41) is 49.6. The molecule has 0 radical (unpaired) electrons. The van der Waals surface area contributed by atoms with E-state index in [1.807, 2.05) is 41.7 Å². The normalized spacial score (nSPS) is 16.0. The number of aromatic nitrogens is 1. The quantitative estimate of drug-likeness (QED) is 0.0181. The molecule has 0 spiro atoms. The third-order valence-electron chi connectivity index (χ3n) is 19.2. The maximum atomic E-state index is 15.5. The molecule has 119 heavy (non-hydrogen) atoms. The van der Waals surface area contributed by atoms with E-state index >= 15 is 14.4 Å². The van der Waals surface area contributed by atoms with E-state index < -0.39 is 180 Å². The first-order valence-electron chi connectivity index (χ1n) is 38.7. The van der Waals surface area contributed by atoms with Crippen LogP contribution in [0.4, 0.5) is 21.0 Å². The van der Waals surface area contributed by atoms with Gasteiger partial charge in [-0.05, 0) is 140 Å². The summed E-state index contributed by atoms with van der Waals surface area (Å²) >= 11 is 6.26. The number of benzene rings is 5. The van der Waals surface area contributed by atoms with Gasteiger partial charge in [0.05, 0.1) is 25.7 Å². The summed E-state index contributed by atoms with van der Waals surface area (Å²) in [6.07, 6.45) is 0.956. The number of rotatable bonds is 41. The van der Waals surface area contributed by atoms with Gasteiger partial charge in [0.2, 0.25) is 76.8 Å². The van der Waals surface area contributed by atoms with Crippen LogP contribution in [0.5, 0.6) is 0 Å². The van der Waals surface area contributed by atoms with Gasteiger partial charge in [-0.1, -0.05) is 110 Å². The number of halogens is 1. The summed E-state index contributed by atoms with van der Waals surface area (Å²) in [6, 6.07) is 16.3. The number of nitrogens with two attached hydrogens (primary N) is 2. The molecule has 36 nitrogen and oxygen atoms in total. The zero-order valence-corrected chi connectivity index (χ0v) is 67.3. The lowest BCUT2D eigenvalue weighted by molar-refractivity contribution is -0.146. The maximum absolute atomic E-state index is 15.5. The molecule has 2 aliphatic heterocycles. The summed E-state index contributed by atoms with van der Waals surface area (Å²) < 4.78 is 5.24. The second-order valence-corrected chi connectivity index (χ2v) is 30.1. The standard InChI is InChI=1S/C82H101ClN18O18/c1-44(2)33-59(72(108)92-58(29-31-87-42-69(105)119-45(3)4)80(116)101-32-10-14-67(101)79(115)88-46(5)70(84)106)93-74(110)62(36-50-20-27-57(28-21-50)91-81(85)117)95-76(112)63(37-49-18-25-56(26-19-49)90-71(107)65-40-68(104)100-82(118)99-65)97-78(114)66(43-102)98-77(113)64(39-52-11-9-30-86-41-52)96-75(111)61(35-48-16-23-55(83)24-17-48)94-73(109)60(89-47(6)103)38-51-15-22-53-12-7-8-13-54(53)34-51/h7-9,11-13,15-28,30,34,41,44-46,58-67,87,102H,10,14,29,31-33,35-40,42-43H2,1-6H3,(H2,84,106)(H,88,115)(H,89,103)(H,90,107)(H,92,108)(H,93,110)(H,94,109)(H,95,112)(H,96,111)(H,97,114)(H,98,113)(H3,85,91,117)(H2,99,100,104,118)/t46-,58+,59+,60-,61-,62+,63+,64+,65+,66+,67+/m1/s1. The number of urea groups is 2. The van der Waals surface area contributed by atoms with Gasteiger partial charge in [0.25, 0.3) is 0 Å². The number of amides is 17. The summed E-state index contributed by atoms with van der Waals surface area (Å²) in [4.78, 5) is 226. The Morgan fingerprint density at radius 1 is 0.555 bits per heavy atom. The number of nitrogens with zero attached hydrogens (tertiary/aromatic N) is 2. The first-order valence-corrected chi connectivity index (χ1v) is 39.1. The maximum Gasteiger partial charge on any atom is 0.322 e. The van der Waals surface area contributed by atoms with Gasteiger partial charge in [-0.15, -0.1) is 0 Å². The van der Waals surface area contributed by atoms with E-state index in [0.717, 1.165) is 10.8 Å². The molecule has 0 aliphatic carbocycles. The molecule has 0 unspecified atom stereocenters. The zero-order valence-electron chi connectivity index (χ0n) is 66.5. The highest BCUT2D eigenvalue weighted by atomic mass is 35.5. The van der Waals surface area contributed by atoms with Gasteiger partial charge in [-0.2, -0.15) is 0 Å². The Labute approximate surface area is 690 Å². The molecule has 2 saturated heterocycles. The van der Waals surface area contributed by atoms with Crippen molar-refractivity contribution in [3.63, 3.8) is 0 Å². The molecular formula is C82H101ClN18O18. The predicted octanol–water partition coefficient (Wildman–Crippen LogP) is 0.278. The van der Waals surface area contributed by atoms with E-state index in [1.165, 1.54) is 79.7 Å². The number of carbonyl (C=O) groups excluding carboxylic acids is 16. The highest BCUT2D eigenvalue weighted by molar-refractivity contribution is 6.30. The number of imide groups is 1. The molecule has 11 atom stereocenters. The molecule has 2 aliphatic rings. The average Bonchev–Trinajstić information content (AvgIpc) is 1.76. The third kappa shape index (κ3) is 29.0. The van der Waals surface area contributed by atoms with Crippen molar-refractivity contribution in [1.29, 1.82) is 0 Å². The Bertz CT molecular complexity index is 4640. The van der Waals surface area contributed by atoms with E-state index in [2.05, 4.69) is 74.1 Å². The molecule has 17 amide bonds. The minimum absolute atomic E-state index is 0.00518. The van der Waals surface area contributed by atoms with Crippen molar-refractivity contribution in [3.05, 3.63) is 173 Å². The molecule has 37 heteroatoms. The van der Waals surface area contributed by atoms with Crippen molar-refractivity contribution in [2.24, 2.45) is 17.4 Å². The first-order chi connectivity index (χ1) is 56.7. The van der Waals surface area contributed by atoms with Crippen molar-refractivity contribution in [2.45, 2.75) is 178 Å². The van der Waals surface area contributed by atoms with Crippen molar-refractivity contribution in [1.82, 2.24) is 73.7 Å². The number of aliphatic hydroxyl groups excluding tert-OH is 1. The van der Waals surface area contributed by atoms with Crippen LogP contribution in [-0.2, 0) is 104 Å². The molecule has 19 N–H and O–H groups in total. The first kappa shape index (κ1) is 91.6. The smallest absolute Gasteiger partial charge is 0.322 e. The van der Waals surface area contributed by atoms with Gasteiger partial charge < -0.3 is 95.3 Å². The van der Waals surface area contributed by atoms with Gasteiger partial charge in [0.15, 0.2) is 0 Å². The van der Waals surface area contributed by atoms with E-state index in [9.17, 15) is 67.4 Å². The molecule has 0 saturated carbocycles. The Morgan fingerprint density at radius 2 is 1.04 bits per heavy atom. The van der Waals surface area contributed by atoms with Crippen LogP contribution in [0.3, 0.4) is 0 Å². The van der Waals surface area contributed by atoms with Gasteiger partial charge in [0.1, 0.15) is 66.5 Å². The fourth-order valence-corrected chi connectivity index (χ4v) is 13.4. The molecule has 2 fully saturated rings. The Morgan fingerprint density at radius 3 is 1.55 bits per heavy atom. The van der Waals surface area contributed by atoms with Crippen LogP contribution in [0.1, 0.15) is 101 Å². The van der Waals surface area contributed by atoms with Crippen LogP contribution in [0.25, 0.3) is 10.8 Å². The Balaban J connectivity index is 1.10. The Kier molecular flexibility index (Phi) is 34.2. The summed E-state index contributed by atoms with van der Waals surface area (Å²) in [6.45, 7) is 7.95. The van der Waals surface area contributed by atoms with Crippen LogP contribution in [0.15, 0.2) is 140 Å². The van der Waals surface area contributed by atoms with Crippen LogP contribution in [-0.4, -0.2) is 209 Å². The molecule has 1 aromatic heterocycles. The number of pyridine rings is 1. The van der Waals surface area contributed by atoms with Crippen molar-refractivity contribution in [3.8, 4) is 0 Å². The minimum Gasteiger partial charge on any atom is -0.462 e. The minimum atomic E-state index is -1.95. The molecular weight excluding hydrogens is 1560 g/mol. The second kappa shape index (κ2) is 44.4. The average molecular weight is 1660 g/mol. The number of likely N-dealkylation sites (tertiary alicyclic amines) is 1. The molecule has 8 rings (SSSR count). The number of esters is 1. The highest BCUT2D eigenvalue weighted by Crippen LogP contribution is 2.23. The van der Waals surface area contributed by atoms with Crippen LogP contribution in [0.2, 0.25) is 5.02 Å². The fraction of sp³-hybridized carbons (Fsp3) is 0.402. The number of ether oxygens (including phenoxy) is 1. The van der Waals surface area contributed by atoms with Gasteiger partial charge in [-0.25, -0.2) is 9.59 Å². The molecule has 0 bridgehead atoms. The summed E-state index contributed by atoms with van der Waals surface area (Å²) in [5.41, 5.74) is 13.4. The Hall–Kier alpha value is -13.0. The lowest BCUT2D eigenvalue weighted by Gasteiger charge is -2.31. The number of carbonyl (C=O) groups is 16. The predicted molar refractivity (Wildman–Crippen MR) is 436 cm³/mol. The SMILES string of the molecule is CC(=O)N[C@H](Cc1ccc2ccccc2c1)C(=O)N[C@H](Cc1ccc(Cl)cc1)C(=O)N[C@@H](Cc1cccnc1)C(=O)N[C@@H](CO)C(=O)N[C@@H](Cc1ccc(NC(=O)[C@@H]2CC(=O)NC(=O)N2)cc1)C(=O)N[C@@H](Cc1ccc(NC(N)=O)cc1)C(=O)N[C@@H](CC(C)C)C(=O)N[C@@H](CCNCC(=O)OC(C)C)C(=O)N1CCC[C@H]1C(=O)N[C@H](C)C(N)=O. The number of fused-ring (bicyclic) bond motifs is 1. The van der Waals surface area contributed by atoms with Crippen LogP contribution >= 0.6 is 11.6 Å². The van der Waals surface area contributed by atoms with E-state index in [0.29, 0.717) is 33.7 Å². The summed E-state index contributed by atoms with van der Waals surface area (Å²) in [7, 11) is 0. The fourth-order valence-electron chi connectivity index (χ4n) is 13.2.